The summed E-state index contributed by atoms with van der Waals surface area (Å²) in [6.45, 7) is -0.0512. The zero-order valence-electron chi connectivity index (χ0n) is 10.9. The first-order valence-corrected chi connectivity index (χ1v) is 6.42. The number of aliphatic hydroxyl groups is 2. The molecular weight excluding hydrogens is 262 g/mol. The zero-order chi connectivity index (χ0) is 14.5. The van der Waals surface area contributed by atoms with E-state index in [2.05, 4.69) is 0 Å². The van der Waals surface area contributed by atoms with Crippen molar-refractivity contribution >= 4 is 0 Å². The van der Waals surface area contributed by atoms with Crippen molar-refractivity contribution in [2.24, 2.45) is 0 Å². The van der Waals surface area contributed by atoms with Crippen molar-refractivity contribution in [2.45, 2.75) is 12.3 Å². The number of halogens is 2. The Hall–Kier alpha value is -1.78. The van der Waals surface area contributed by atoms with E-state index in [4.69, 9.17) is 5.11 Å². The van der Waals surface area contributed by atoms with Gasteiger partial charge in [0.25, 0.3) is 0 Å². The lowest BCUT2D eigenvalue weighted by Crippen LogP contribution is -2.06. The third-order valence-corrected chi connectivity index (χ3v) is 3.32. The Bertz CT molecular complexity index is 567. The molecule has 2 rings (SSSR count). The minimum Gasteiger partial charge on any atom is -0.396 e. The molecule has 2 aromatic carbocycles. The molecule has 106 valence electrons. The predicted octanol–water partition coefficient (Wildman–Crippen LogP) is 3.09. The van der Waals surface area contributed by atoms with Crippen LogP contribution in [0.4, 0.5) is 8.78 Å². The molecule has 1 unspecified atom stereocenters. The molecule has 0 fully saturated rings. The summed E-state index contributed by atoms with van der Waals surface area (Å²) in [5.74, 6) is -1.34. The highest BCUT2D eigenvalue weighted by Gasteiger charge is 2.11. The molecule has 0 aliphatic carbocycles. The summed E-state index contributed by atoms with van der Waals surface area (Å²) in [4.78, 5) is 0. The van der Waals surface area contributed by atoms with Crippen molar-refractivity contribution in [3.8, 4) is 11.1 Å². The van der Waals surface area contributed by atoms with Gasteiger partial charge in [-0.1, -0.05) is 24.3 Å². The molecule has 0 spiro atoms. The fraction of sp³-hybridized carbons (Fsp3) is 0.250. The van der Waals surface area contributed by atoms with Crippen LogP contribution in [0.5, 0.6) is 0 Å². The first-order valence-electron chi connectivity index (χ1n) is 6.42. The third-order valence-electron chi connectivity index (χ3n) is 3.32. The van der Waals surface area contributed by atoms with Crippen molar-refractivity contribution < 1.29 is 19.0 Å². The lowest BCUT2D eigenvalue weighted by molar-refractivity contribution is 0.220. The highest BCUT2D eigenvalue weighted by atomic mass is 19.1. The Kier molecular flexibility index (Phi) is 4.82. The predicted molar refractivity (Wildman–Crippen MR) is 73.3 cm³/mol. The summed E-state index contributed by atoms with van der Waals surface area (Å²) in [7, 11) is 0. The van der Waals surface area contributed by atoms with E-state index in [1.807, 2.05) is 0 Å². The maximum atomic E-state index is 13.7. The van der Waals surface area contributed by atoms with Crippen LogP contribution in [0, 0.1) is 11.6 Å². The standard InChI is InChI=1S/C16H16F2O2/c17-14-5-6-15(16(18)9-14)12-3-1-11(2-4-12)13(10-20)7-8-19/h1-6,9,13,19-20H,7-8,10H2. The van der Waals surface area contributed by atoms with Gasteiger partial charge in [-0.3, -0.25) is 0 Å². The molecule has 0 aliphatic rings. The van der Waals surface area contributed by atoms with E-state index in [0.717, 1.165) is 11.6 Å². The molecule has 0 aromatic heterocycles. The van der Waals surface area contributed by atoms with E-state index < -0.39 is 11.6 Å². The molecular formula is C16H16F2O2. The van der Waals surface area contributed by atoms with Crippen molar-refractivity contribution in [2.75, 3.05) is 13.2 Å². The van der Waals surface area contributed by atoms with E-state index in [1.165, 1.54) is 12.1 Å². The van der Waals surface area contributed by atoms with Gasteiger partial charge in [0.15, 0.2) is 0 Å². The molecule has 4 heteroatoms. The second-order valence-corrected chi connectivity index (χ2v) is 4.64. The van der Waals surface area contributed by atoms with Crippen LogP contribution in [-0.2, 0) is 0 Å². The van der Waals surface area contributed by atoms with Crippen molar-refractivity contribution in [1.82, 2.24) is 0 Å². The third kappa shape index (κ3) is 3.21. The van der Waals surface area contributed by atoms with Gasteiger partial charge in [-0.05, 0) is 29.7 Å². The van der Waals surface area contributed by atoms with Gasteiger partial charge >= 0.3 is 0 Å². The van der Waals surface area contributed by atoms with Gasteiger partial charge in [-0.25, -0.2) is 8.78 Å². The molecule has 1 atom stereocenters. The first-order chi connectivity index (χ1) is 9.65. The van der Waals surface area contributed by atoms with Crippen LogP contribution in [-0.4, -0.2) is 23.4 Å². The smallest absolute Gasteiger partial charge is 0.133 e. The Labute approximate surface area is 116 Å². The summed E-state index contributed by atoms with van der Waals surface area (Å²) in [6.07, 6.45) is 0.473. The molecule has 2 nitrogen and oxygen atoms in total. The molecule has 0 saturated carbocycles. The second-order valence-electron chi connectivity index (χ2n) is 4.64. The SMILES string of the molecule is OCCC(CO)c1ccc(-c2ccc(F)cc2F)cc1. The van der Waals surface area contributed by atoms with Crippen LogP contribution in [0.3, 0.4) is 0 Å². The molecule has 2 aromatic rings. The first kappa shape index (κ1) is 14.6. The number of aliphatic hydroxyl groups excluding tert-OH is 2. The fourth-order valence-corrected chi connectivity index (χ4v) is 2.18. The topological polar surface area (TPSA) is 40.5 Å². The largest absolute Gasteiger partial charge is 0.396 e. The maximum Gasteiger partial charge on any atom is 0.133 e. The highest BCUT2D eigenvalue weighted by molar-refractivity contribution is 5.64. The number of hydrogen-bond donors (Lipinski definition) is 2. The summed E-state index contributed by atoms with van der Waals surface area (Å²) >= 11 is 0. The Balaban J connectivity index is 2.27. The Morgan fingerprint density at radius 1 is 0.950 bits per heavy atom. The van der Waals surface area contributed by atoms with E-state index >= 15 is 0 Å². The quantitative estimate of drug-likeness (QED) is 0.882. The van der Waals surface area contributed by atoms with Crippen LogP contribution in [0.2, 0.25) is 0 Å². The van der Waals surface area contributed by atoms with Gasteiger partial charge in [0.05, 0.1) is 6.61 Å². The van der Waals surface area contributed by atoms with Crippen molar-refractivity contribution in [3.63, 3.8) is 0 Å². The summed E-state index contributed by atoms with van der Waals surface area (Å²) in [5, 5.41) is 18.2. The molecule has 20 heavy (non-hydrogen) atoms. The van der Waals surface area contributed by atoms with E-state index in [1.54, 1.807) is 24.3 Å². The average molecular weight is 278 g/mol. The Morgan fingerprint density at radius 3 is 2.20 bits per heavy atom. The van der Waals surface area contributed by atoms with Crippen LogP contribution in [0.25, 0.3) is 11.1 Å². The maximum absolute atomic E-state index is 13.7. The summed E-state index contributed by atoms with van der Waals surface area (Å²) in [5.41, 5.74) is 1.86. The van der Waals surface area contributed by atoms with Crippen molar-refractivity contribution in [3.05, 3.63) is 59.7 Å². The molecule has 0 amide bonds. The minimum atomic E-state index is -0.605. The van der Waals surface area contributed by atoms with Gasteiger partial charge in [-0.2, -0.15) is 0 Å². The lowest BCUT2D eigenvalue weighted by atomic mass is 9.94. The second kappa shape index (κ2) is 6.59. The van der Waals surface area contributed by atoms with Crippen LogP contribution in [0.15, 0.2) is 42.5 Å². The Morgan fingerprint density at radius 2 is 1.65 bits per heavy atom. The van der Waals surface area contributed by atoms with Gasteiger partial charge in [0, 0.05) is 24.2 Å². The minimum absolute atomic E-state index is 0.000428. The van der Waals surface area contributed by atoms with Crippen LogP contribution >= 0.6 is 0 Å². The monoisotopic (exact) mass is 278 g/mol. The van der Waals surface area contributed by atoms with E-state index in [-0.39, 0.29) is 19.1 Å². The van der Waals surface area contributed by atoms with Gasteiger partial charge < -0.3 is 10.2 Å². The normalized spacial score (nSPS) is 12.4. The van der Waals surface area contributed by atoms with Crippen molar-refractivity contribution in [1.29, 1.82) is 0 Å². The molecule has 0 bridgehead atoms. The summed E-state index contributed by atoms with van der Waals surface area (Å²) < 4.78 is 26.5. The number of hydrogen-bond acceptors (Lipinski definition) is 2. The lowest BCUT2D eigenvalue weighted by Gasteiger charge is -2.13. The fourth-order valence-electron chi connectivity index (χ4n) is 2.18. The highest BCUT2D eigenvalue weighted by Crippen LogP contribution is 2.26. The number of benzene rings is 2. The zero-order valence-corrected chi connectivity index (χ0v) is 10.9. The molecule has 0 aliphatic heterocycles. The van der Waals surface area contributed by atoms with Gasteiger partial charge in [0.2, 0.25) is 0 Å². The van der Waals surface area contributed by atoms with E-state index in [9.17, 15) is 13.9 Å². The van der Waals surface area contributed by atoms with Crippen LogP contribution in [0.1, 0.15) is 17.9 Å². The number of rotatable bonds is 5. The molecule has 0 saturated heterocycles. The molecule has 2 N–H and O–H groups in total. The molecule has 0 radical (unpaired) electrons. The van der Waals surface area contributed by atoms with Crippen LogP contribution < -0.4 is 0 Å². The van der Waals surface area contributed by atoms with E-state index in [0.29, 0.717) is 17.5 Å². The van der Waals surface area contributed by atoms with Gasteiger partial charge in [0.1, 0.15) is 11.6 Å². The molecule has 0 heterocycles. The average Bonchev–Trinajstić information content (AvgIpc) is 2.45. The van der Waals surface area contributed by atoms with Gasteiger partial charge in [-0.15, -0.1) is 0 Å². The summed E-state index contributed by atoms with van der Waals surface area (Å²) in [6, 6.07) is 10.5.